The summed E-state index contributed by atoms with van der Waals surface area (Å²) in [5, 5.41) is 10.3. The summed E-state index contributed by atoms with van der Waals surface area (Å²) in [7, 11) is 0. The Hall–Kier alpha value is -0.770. The summed E-state index contributed by atoms with van der Waals surface area (Å²) in [5.74, 6) is 0.169. The largest absolute Gasteiger partial charge is 0.508 e. The lowest BCUT2D eigenvalue weighted by Gasteiger charge is -2.16. The first-order chi connectivity index (χ1) is 6.49. The molecule has 0 aromatic heterocycles. The second-order valence-corrected chi connectivity index (χ2v) is 3.79. The van der Waals surface area contributed by atoms with Gasteiger partial charge >= 0.3 is 0 Å². The average molecular weight is 215 g/mol. The molecule has 1 aromatic rings. The molecular weight excluding hydrogens is 200 g/mol. The topological polar surface area (TPSA) is 72.3 Å². The van der Waals surface area contributed by atoms with Gasteiger partial charge in [0.25, 0.3) is 0 Å². The number of phenolic OH excluding ortho intramolecular Hbond substituents is 1. The van der Waals surface area contributed by atoms with E-state index >= 15 is 0 Å². The normalized spacial score (nSPS) is 12.9. The molecule has 78 valence electrons. The average Bonchev–Trinajstić information content (AvgIpc) is 2.14. The lowest BCUT2D eigenvalue weighted by atomic mass is 9.98. The number of aryl methyl sites for hydroxylation is 1. The van der Waals surface area contributed by atoms with Gasteiger partial charge in [-0.05, 0) is 31.0 Å². The van der Waals surface area contributed by atoms with Crippen molar-refractivity contribution in [2.75, 3.05) is 6.54 Å². The molecule has 4 heteroatoms. The van der Waals surface area contributed by atoms with Crippen molar-refractivity contribution in [2.24, 2.45) is 11.5 Å². The molecule has 1 rings (SSSR count). The summed E-state index contributed by atoms with van der Waals surface area (Å²) in [4.78, 5) is 0. The van der Waals surface area contributed by atoms with Gasteiger partial charge in [0.2, 0.25) is 0 Å². The minimum Gasteiger partial charge on any atom is -0.508 e. The number of hydrogen-bond donors (Lipinski definition) is 3. The number of phenols is 1. The molecule has 0 aliphatic rings. The van der Waals surface area contributed by atoms with Gasteiger partial charge in [0, 0.05) is 23.2 Å². The fourth-order valence-electron chi connectivity index (χ4n) is 1.54. The van der Waals surface area contributed by atoms with Crippen molar-refractivity contribution in [3.8, 4) is 5.75 Å². The summed E-state index contributed by atoms with van der Waals surface area (Å²) in [5.41, 5.74) is 13.5. The van der Waals surface area contributed by atoms with Crippen molar-refractivity contribution in [3.05, 3.63) is 27.8 Å². The van der Waals surface area contributed by atoms with E-state index in [2.05, 4.69) is 0 Å². The summed E-state index contributed by atoms with van der Waals surface area (Å²) in [6.07, 6.45) is 0. The Morgan fingerprint density at radius 3 is 2.57 bits per heavy atom. The highest BCUT2D eigenvalue weighted by Gasteiger charge is 2.16. The molecule has 0 amide bonds. The van der Waals surface area contributed by atoms with E-state index in [-0.39, 0.29) is 18.3 Å². The standard InChI is InChI=1S/C10H15ClN2O/c1-5-3-8(14)9(7(13)4-12)6(2)10(5)11/h3,7,14H,4,12-13H2,1-2H3/t7-/m0/s1. The van der Waals surface area contributed by atoms with Crippen LogP contribution in [0.5, 0.6) is 5.75 Å². The van der Waals surface area contributed by atoms with E-state index in [1.807, 2.05) is 13.8 Å². The van der Waals surface area contributed by atoms with Crippen LogP contribution in [0.4, 0.5) is 0 Å². The van der Waals surface area contributed by atoms with Crippen LogP contribution >= 0.6 is 11.6 Å². The summed E-state index contributed by atoms with van der Waals surface area (Å²) in [6.45, 7) is 3.96. The van der Waals surface area contributed by atoms with Crippen LogP contribution in [-0.2, 0) is 0 Å². The van der Waals surface area contributed by atoms with Crippen molar-refractivity contribution in [3.63, 3.8) is 0 Å². The van der Waals surface area contributed by atoms with Gasteiger partial charge in [0.1, 0.15) is 5.75 Å². The molecule has 0 aliphatic heterocycles. The van der Waals surface area contributed by atoms with Crippen LogP contribution in [0.15, 0.2) is 6.07 Å². The van der Waals surface area contributed by atoms with Gasteiger partial charge < -0.3 is 16.6 Å². The molecule has 14 heavy (non-hydrogen) atoms. The number of hydrogen-bond acceptors (Lipinski definition) is 3. The van der Waals surface area contributed by atoms with Crippen molar-refractivity contribution in [1.82, 2.24) is 0 Å². The third-order valence-electron chi connectivity index (χ3n) is 2.33. The van der Waals surface area contributed by atoms with E-state index in [0.717, 1.165) is 11.1 Å². The van der Waals surface area contributed by atoms with Crippen LogP contribution in [-0.4, -0.2) is 11.7 Å². The third-order valence-corrected chi connectivity index (χ3v) is 2.91. The van der Waals surface area contributed by atoms with Gasteiger partial charge in [-0.15, -0.1) is 0 Å². The number of rotatable bonds is 2. The number of benzene rings is 1. The Morgan fingerprint density at radius 1 is 1.50 bits per heavy atom. The van der Waals surface area contributed by atoms with Crippen molar-refractivity contribution >= 4 is 11.6 Å². The van der Waals surface area contributed by atoms with Crippen LogP contribution in [0.3, 0.4) is 0 Å². The van der Waals surface area contributed by atoms with Gasteiger partial charge in [-0.1, -0.05) is 11.6 Å². The molecule has 1 aromatic carbocycles. The second kappa shape index (κ2) is 4.17. The maximum absolute atomic E-state index is 9.70. The highest BCUT2D eigenvalue weighted by atomic mass is 35.5. The minimum atomic E-state index is -0.368. The lowest BCUT2D eigenvalue weighted by molar-refractivity contribution is 0.460. The summed E-state index contributed by atoms with van der Waals surface area (Å²) < 4.78 is 0. The molecular formula is C10H15ClN2O. The zero-order chi connectivity index (χ0) is 10.9. The minimum absolute atomic E-state index is 0.169. The van der Waals surface area contributed by atoms with Gasteiger partial charge in [0.05, 0.1) is 0 Å². The van der Waals surface area contributed by atoms with E-state index in [0.29, 0.717) is 10.6 Å². The highest BCUT2D eigenvalue weighted by Crippen LogP contribution is 2.33. The predicted molar refractivity (Wildman–Crippen MR) is 58.6 cm³/mol. The molecule has 0 saturated heterocycles. The fraction of sp³-hybridized carbons (Fsp3) is 0.400. The monoisotopic (exact) mass is 214 g/mol. The van der Waals surface area contributed by atoms with Gasteiger partial charge in [-0.2, -0.15) is 0 Å². The molecule has 0 radical (unpaired) electrons. The van der Waals surface area contributed by atoms with Gasteiger partial charge in [-0.25, -0.2) is 0 Å². The predicted octanol–water partition coefficient (Wildman–Crippen LogP) is 1.62. The Kier molecular flexibility index (Phi) is 3.37. The zero-order valence-corrected chi connectivity index (χ0v) is 9.10. The quantitative estimate of drug-likeness (QED) is 0.701. The van der Waals surface area contributed by atoms with Crippen LogP contribution in [0, 0.1) is 13.8 Å². The molecule has 0 saturated carbocycles. The second-order valence-electron chi connectivity index (χ2n) is 3.41. The van der Waals surface area contributed by atoms with E-state index in [4.69, 9.17) is 23.1 Å². The SMILES string of the molecule is Cc1cc(O)c([C@@H](N)CN)c(C)c1Cl. The molecule has 3 nitrogen and oxygen atoms in total. The lowest BCUT2D eigenvalue weighted by Crippen LogP contribution is -2.22. The van der Waals surface area contributed by atoms with E-state index in [1.165, 1.54) is 0 Å². The molecule has 0 fully saturated rings. The van der Waals surface area contributed by atoms with E-state index in [1.54, 1.807) is 6.07 Å². The van der Waals surface area contributed by atoms with Crippen LogP contribution in [0.1, 0.15) is 22.7 Å². The molecule has 5 N–H and O–H groups in total. The Morgan fingerprint density at radius 2 is 2.07 bits per heavy atom. The smallest absolute Gasteiger partial charge is 0.121 e. The van der Waals surface area contributed by atoms with E-state index < -0.39 is 0 Å². The third kappa shape index (κ3) is 1.85. The van der Waals surface area contributed by atoms with Crippen LogP contribution in [0.2, 0.25) is 5.02 Å². The first-order valence-electron chi connectivity index (χ1n) is 4.43. The van der Waals surface area contributed by atoms with E-state index in [9.17, 15) is 5.11 Å². The number of aromatic hydroxyl groups is 1. The molecule has 0 aliphatic carbocycles. The van der Waals surface area contributed by atoms with Crippen molar-refractivity contribution in [1.29, 1.82) is 0 Å². The first kappa shape index (κ1) is 11.3. The highest BCUT2D eigenvalue weighted by molar-refractivity contribution is 6.32. The number of halogens is 1. The molecule has 0 bridgehead atoms. The zero-order valence-electron chi connectivity index (χ0n) is 8.34. The van der Waals surface area contributed by atoms with Crippen molar-refractivity contribution in [2.45, 2.75) is 19.9 Å². The molecule has 1 atom stereocenters. The Bertz CT molecular complexity index is 352. The Balaban J connectivity index is 3.36. The van der Waals surface area contributed by atoms with Gasteiger partial charge in [0.15, 0.2) is 0 Å². The molecule has 0 spiro atoms. The van der Waals surface area contributed by atoms with Crippen LogP contribution in [0.25, 0.3) is 0 Å². The molecule has 0 heterocycles. The maximum atomic E-state index is 9.70. The molecule has 0 unspecified atom stereocenters. The maximum Gasteiger partial charge on any atom is 0.121 e. The fourth-order valence-corrected chi connectivity index (χ4v) is 1.69. The van der Waals surface area contributed by atoms with Crippen LogP contribution < -0.4 is 11.5 Å². The van der Waals surface area contributed by atoms with Crippen molar-refractivity contribution < 1.29 is 5.11 Å². The summed E-state index contributed by atoms with van der Waals surface area (Å²) >= 11 is 6.05. The summed E-state index contributed by atoms with van der Waals surface area (Å²) in [6, 6.07) is 1.24. The first-order valence-corrected chi connectivity index (χ1v) is 4.81. The van der Waals surface area contributed by atoms with Gasteiger partial charge in [-0.3, -0.25) is 0 Å². The number of nitrogens with two attached hydrogens (primary N) is 2. The Labute approximate surface area is 88.7 Å².